The molecule has 0 radical (unpaired) electrons. The first kappa shape index (κ1) is 15.3. The van der Waals surface area contributed by atoms with Gasteiger partial charge in [0.2, 0.25) is 8.32 Å². The van der Waals surface area contributed by atoms with E-state index in [1.54, 1.807) is 7.11 Å². The minimum absolute atomic E-state index is 0.0835. The molecule has 0 rings (SSSR count). The summed E-state index contributed by atoms with van der Waals surface area (Å²) >= 11 is 0. The molecule has 0 amide bonds. The Morgan fingerprint density at radius 1 is 1.50 bits per heavy atom. The van der Waals surface area contributed by atoms with E-state index < -0.39 is 20.4 Å². The van der Waals surface area contributed by atoms with Gasteiger partial charge in [0.25, 0.3) is 0 Å². The maximum absolute atomic E-state index is 10.7. The quantitative estimate of drug-likeness (QED) is 0.384. The molecule has 94 valence electrons. The third-order valence-electron chi connectivity index (χ3n) is 1.90. The SMILES string of the molecule is C=CC(=O)OCC(O)COC[Si](C)(C)OC. The second kappa shape index (κ2) is 7.56. The Kier molecular flexibility index (Phi) is 7.23. The fourth-order valence-corrected chi connectivity index (χ4v) is 1.51. The highest BCUT2D eigenvalue weighted by atomic mass is 28.4. The van der Waals surface area contributed by atoms with Crippen molar-refractivity contribution < 1.29 is 23.8 Å². The molecule has 0 aliphatic rings. The molecule has 0 aromatic rings. The Hall–Kier alpha value is -0.693. The third kappa shape index (κ3) is 7.58. The van der Waals surface area contributed by atoms with Gasteiger partial charge in [-0.3, -0.25) is 0 Å². The van der Waals surface area contributed by atoms with Gasteiger partial charge in [0.05, 0.1) is 12.8 Å². The number of aliphatic hydroxyl groups is 1. The topological polar surface area (TPSA) is 65.0 Å². The lowest BCUT2D eigenvalue weighted by Crippen LogP contribution is -2.37. The molecule has 1 unspecified atom stereocenters. The van der Waals surface area contributed by atoms with Gasteiger partial charge in [-0.2, -0.15) is 0 Å². The van der Waals surface area contributed by atoms with Crippen molar-refractivity contribution >= 4 is 14.3 Å². The number of aliphatic hydroxyl groups excluding tert-OH is 1. The lowest BCUT2D eigenvalue weighted by atomic mass is 10.4. The van der Waals surface area contributed by atoms with E-state index in [2.05, 4.69) is 11.3 Å². The molecule has 0 spiro atoms. The molecule has 0 heterocycles. The molecule has 5 nitrogen and oxygen atoms in total. The van der Waals surface area contributed by atoms with E-state index in [0.29, 0.717) is 6.23 Å². The van der Waals surface area contributed by atoms with Crippen LogP contribution in [0.25, 0.3) is 0 Å². The number of hydrogen-bond donors (Lipinski definition) is 1. The van der Waals surface area contributed by atoms with Gasteiger partial charge in [-0.15, -0.1) is 0 Å². The highest BCUT2D eigenvalue weighted by Crippen LogP contribution is 2.03. The summed E-state index contributed by atoms with van der Waals surface area (Å²) in [4.78, 5) is 10.7. The van der Waals surface area contributed by atoms with E-state index in [1.165, 1.54) is 0 Å². The van der Waals surface area contributed by atoms with Gasteiger partial charge in [-0.1, -0.05) is 6.58 Å². The number of hydrogen-bond acceptors (Lipinski definition) is 5. The summed E-state index contributed by atoms with van der Waals surface area (Å²) in [5.74, 6) is -0.550. The largest absolute Gasteiger partial charge is 0.460 e. The zero-order chi connectivity index (χ0) is 12.6. The van der Waals surface area contributed by atoms with E-state index in [-0.39, 0.29) is 13.2 Å². The van der Waals surface area contributed by atoms with Gasteiger partial charge >= 0.3 is 5.97 Å². The summed E-state index contributed by atoms with van der Waals surface area (Å²) in [6.45, 7) is 7.31. The van der Waals surface area contributed by atoms with Crippen LogP contribution in [0.5, 0.6) is 0 Å². The van der Waals surface area contributed by atoms with Crippen LogP contribution < -0.4 is 0 Å². The van der Waals surface area contributed by atoms with Crippen LogP contribution in [0.2, 0.25) is 13.1 Å². The molecule has 0 saturated carbocycles. The van der Waals surface area contributed by atoms with Gasteiger partial charge in [-0.05, 0) is 13.1 Å². The van der Waals surface area contributed by atoms with Crippen molar-refractivity contribution in [2.24, 2.45) is 0 Å². The normalized spacial score (nSPS) is 13.2. The summed E-state index contributed by atoms with van der Waals surface area (Å²) in [6.07, 6.45) is 0.732. The van der Waals surface area contributed by atoms with E-state index in [0.717, 1.165) is 6.08 Å². The van der Waals surface area contributed by atoms with Crippen molar-refractivity contribution in [2.75, 3.05) is 26.6 Å². The smallest absolute Gasteiger partial charge is 0.330 e. The molecule has 0 saturated heterocycles. The molecule has 1 N–H and O–H groups in total. The van der Waals surface area contributed by atoms with Gasteiger partial charge in [0, 0.05) is 13.2 Å². The van der Waals surface area contributed by atoms with Gasteiger partial charge in [-0.25, -0.2) is 4.79 Å². The molecule has 0 fully saturated rings. The number of carbonyl (C=O) groups excluding carboxylic acids is 1. The van der Waals surface area contributed by atoms with E-state index in [1.807, 2.05) is 13.1 Å². The van der Waals surface area contributed by atoms with Crippen molar-refractivity contribution in [3.63, 3.8) is 0 Å². The maximum atomic E-state index is 10.7. The molecule has 6 heteroatoms. The van der Waals surface area contributed by atoms with Crippen LogP contribution in [0.3, 0.4) is 0 Å². The highest BCUT2D eigenvalue weighted by Gasteiger charge is 2.21. The third-order valence-corrected chi connectivity index (χ3v) is 3.90. The van der Waals surface area contributed by atoms with Crippen LogP contribution in [-0.2, 0) is 18.7 Å². The summed E-state index contributed by atoms with van der Waals surface area (Å²) in [5, 5.41) is 9.40. The summed E-state index contributed by atoms with van der Waals surface area (Å²) in [5.41, 5.74) is 0. The summed E-state index contributed by atoms with van der Waals surface area (Å²) in [6, 6.07) is 0. The number of ether oxygens (including phenoxy) is 2. The molecule has 0 aliphatic heterocycles. The fraction of sp³-hybridized carbons (Fsp3) is 0.700. The second-order valence-corrected chi connectivity index (χ2v) is 8.18. The average molecular weight is 248 g/mol. The van der Waals surface area contributed by atoms with E-state index in [4.69, 9.17) is 9.16 Å². The summed E-state index contributed by atoms with van der Waals surface area (Å²) < 4.78 is 15.2. The number of esters is 1. The zero-order valence-electron chi connectivity index (χ0n) is 10.1. The molecule has 0 aromatic carbocycles. The van der Waals surface area contributed by atoms with Crippen LogP contribution in [0.1, 0.15) is 0 Å². The first-order valence-electron chi connectivity index (χ1n) is 5.01. The van der Waals surface area contributed by atoms with E-state index >= 15 is 0 Å². The molecule has 1 atom stereocenters. The average Bonchev–Trinajstić information content (AvgIpc) is 2.25. The first-order chi connectivity index (χ1) is 7.41. The van der Waals surface area contributed by atoms with Crippen molar-refractivity contribution in [3.8, 4) is 0 Å². The van der Waals surface area contributed by atoms with Crippen LogP contribution >= 0.6 is 0 Å². The lowest BCUT2D eigenvalue weighted by molar-refractivity contribution is -0.141. The first-order valence-corrected chi connectivity index (χ1v) is 8.13. The minimum Gasteiger partial charge on any atom is -0.460 e. The van der Waals surface area contributed by atoms with Gasteiger partial charge in [0.1, 0.15) is 12.7 Å². The van der Waals surface area contributed by atoms with Crippen molar-refractivity contribution in [1.82, 2.24) is 0 Å². The Morgan fingerprint density at radius 2 is 2.12 bits per heavy atom. The van der Waals surface area contributed by atoms with Crippen LogP contribution in [0, 0.1) is 0 Å². The standard InChI is InChI=1S/C10H20O5Si/c1-5-10(12)15-7-9(11)6-14-8-16(3,4)13-2/h5,9,11H,1,6-8H2,2-4H3. The summed E-state index contributed by atoms with van der Waals surface area (Å²) in [7, 11) is -0.102. The van der Waals surface area contributed by atoms with Gasteiger partial charge < -0.3 is 19.0 Å². The Balaban J connectivity index is 3.62. The Morgan fingerprint density at radius 3 is 2.62 bits per heavy atom. The molecular formula is C10H20O5Si. The zero-order valence-corrected chi connectivity index (χ0v) is 11.1. The molecule has 16 heavy (non-hydrogen) atoms. The van der Waals surface area contributed by atoms with E-state index in [9.17, 15) is 9.90 Å². The lowest BCUT2D eigenvalue weighted by Gasteiger charge is -2.20. The molecule has 0 bridgehead atoms. The predicted molar refractivity (Wildman–Crippen MR) is 62.5 cm³/mol. The minimum atomic E-state index is -1.75. The van der Waals surface area contributed by atoms with Crippen LogP contribution in [0.15, 0.2) is 12.7 Å². The van der Waals surface area contributed by atoms with Crippen LogP contribution in [0.4, 0.5) is 0 Å². The fourth-order valence-electron chi connectivity index (χ4n) is 0.785. The Labute approximate surface area is 97.1 Å². The number of carbonyl (C=O) groups is 1. The molecular weight excluding hydrogens is 228 g/mol. The monoisotopic (exact) mass is 248 g/mol. The van der Waals surface area contributed by atoms with Crippen molar-refractivity contribution in [2.45, 2.75) is 19.2 Å². The van der Waals surface area contributed by atoms with Crippen LogP contribution in [-0.4, -0.2) is 52.1 Å². The van der Waals surface area contributed by atoms with Crippen molar-refractivity contribution in [3.05, 3.63) is 12.7 Å². The Bertz CT molecular complexity index is 229. The van der Waals surface area contributed by atoms with Gasteiger partial charge in [0.15, 0.2) is 0 Å². The second-order valence-electron chi connectivity index (χ2n) is 3.97. The predicted octanol–water partition coefficient (Wildman–Crippen LogP) is 0.484. The highest BCUT2D eigenvalue weighted by molar-refractivity contribution is 6.71. The van der Waals surface area contributed by atoms with Crippen molar-refractivity contribution in [1.29, 1.82) is 0 Å². The maximum Gasteiger partial charge on any atom is 0.330 e. The molecule has 0 aromatic heterocycles. The number of rotatable bonds is 8. The molecule has 0 aliphatic carbocycles.